The van der Waals surface area contributed by atoms with Gasteiger partial charge >= 0.3 is 0 Å². The van der Waals surface area contributed by atoms with Gasteiger partial charge in [-0.05, 0) is 79.5 Å². The third kappa shape index (κ3) is 4.27. The van der Waals surface area contributed by atoms with Gasteiger partial charge in [-0.25, -0.2) is 4.98 Å². The van der Waals surface area contributed by atoms with Gasteiger partial charge in [-0.3, -0.25) is 4.57 Å². The second kappa shape index (κ2) is 11.8. The highest BCUT2D eigenvalue weighted by molar-refractivity contribution is 6.41. The SMILES string of the molecule is c1ccc(-c2nc(-c3ccccc3)nc(-n3c4ccccc4c4c5cccc6c7cccc8c7c(cc7c8c8ccccc8n7-c7ccccc7)c(cc43)c65)n2)cc1. The Bertz CT molecular complexity index is 3710. The van der Waals surface area contributed by atoms with E-state index in [9.17, 15) is 0 Å². The zero-order valence-corrected chi connectivity index (χ0v) is 31.1. The molecule has 0 saturated carbocycles. The van der Waals surface area contributed by atoms with Crippen molar-refractivity contribution in [2.75, 3.05) is 0 Å². The summed E-state index contributed by atoms with van der Waals surface area (Å²) in [7, 11) is 0. The average molecular weight is 738 g/mol. The lowest BCUT2D eigenvalue weighted by atomic mass is 9.87. The quantitative estimate of drug-likeness (QED) is 0.133. The van der Waals surface area contributed by atoms with Crippen molar-refractivity contribution in [3.63, 3.8) is 0 Å². The Hall–Kier alpha value is -7.89. The van der Waals surface area contributed by atoms with Crippen molar-refractivity contribution in [2.24, 2.45) is 0 Å². The fraction of sp³-hybridized carbons (Fsp3) is 0. The lowest BCUT2D eigenvalue weighted by molar-refractivity contribution is 0.954. The molecule has 5 nitrogen and oxygen atoms in total. The van der Waals surface area contributed by atoms with Crippen LogP contribution in [0, 0.1) is 0 Å². The molecular formula is C53H31N5. The maximum atomic E-state index is 5.26. The van der Waals surface area contributed by atoms with Crippen LogP contribution in [-0.2, 0) is 0 Å². The molecular weight excluding hydrogens is 707 g/mol. The van der Waals surface area contributed by atoms with Gasteiger partial charge in [0.05, 0.1) is 22.1 Å². The van der Waals surface area contributed by atoms with Crippen molar-refractivity contribution in [2.45, 2.75) is 0 Å². The molecule has 0 spiro atoms. The van der Waals surface area contributed by atoms with Crippen LogP contribution in [0.3, 0.4) is 0 Å². The first-order valence-corrected chi connectivity index (χ1v) is 19.7. The summed E-state index contributed by atoms with van der Waals surface area (Å²) in [5.74, 6) is 1.85. The topological polar surface area (TPSA) is 48.5 Å². The van der Waals surface area contributed by atoms with Crippen LogP contribution in [-0.4, -0.2) is 24.1 Å². The summed E-state index contributed by atoms with van der Waals surface area (Å²) < 4.78 is 4.69. The Labute approximate surface area is 332 Å². The molecule has 0 unspecified atom stereocenters. The van der Waals surface area contributed by atoms with Crippen LogP contribution >= 0.6 is 0 Å². The lowest BCUT2D eigenvalue weighted by Crippen LogP contribution is -2.06. The molecule has 0 bridgehead atoms. The fourth-order valence-electron chi connectivity index (χ4n) is 9.72. The Morgan fingerprint density at radius 2 is 0.690 bits per heavy atom. The smallest absolute Gasteiger partial charge is 0.238 e. The molecule has 0 atom stereocenters. The van der Waals surface area contributed by atoms with Crippen LogP contribution in [0.15, 0.2) is 188 Å². The number of para-hydroxylation sites is 3. The zero-order valence-electron chi connectivity index (χ0n) is 31.1. The van der Waals surface area contributed by atoms with Gasteiger partial charge in [-0.1, -0.05) is 152 Å². The van der Waals surface area contributed by atoms with E-state index in [1.807, 2.05) is 36.4 Å². The summed E-state index contributed by atoms with van der Waals surface area (Å²) in [6.07, 6.45) is 0. The highest BCUT2D eigenvalue weighted by atomic mass is 15.2. The Kier molecular flexibility index (Phi) is 6.38. The number of benzene rings is 10. The monoisotopic (exact) mass is 737 g/mol. The van der Waals surface area contributed by atoms with Crippen LogP contribution < -0.4 is 0 Å². The molecule has 3 aromatic heterocycles. The first kappa shape index (κ1) is 31.3. The van der Waals surface area contributed by atoms with Crippen molar-refractivity contribution in [1.29, 1.82) is 0 Å². The maximum Gasteiger partial charge on any atom is 0.238 e. The number of fused-ring (bicyclic) bond motifs is 10. The standard InChI is InChI=1S/C53H31N5/c1-4-16-32(17-5-1)51-54-52(33-18-6-2-7-19-33)56-53(55-51)58-44-29-13-11-23-38(44)50-40-27-15-25-36-35-24-14-26-39-47(35)41(42(48(36)40)31-46(50)58)30-45-49(39)37-22-10-12-28-43(37)57(45)34-20-8-3-9-21-34/h1-31H. The summed E-state index contributed by atoms with van der Waals surface area (Å²) in [5.41, 5.74) is 7.52. The summed E-state index contributed by atoms with van der Waals surface area (Å²) in [4.78, 5) is 15.6. The Morgan fingerprint density at radius 3 is 1.22 bits per heavy atom. The predicted octanol–water partition coefficient (Wildman–Crippen LogP) is 13.5. The van der Waals surface area contributed by atoms with E-state index in [4.69, 9.17) is 15.0 Å². The molecule has 0 aliphatic rings. The van der Waals surface area contributed by atoms with Crippen molar-refractivity contribution in [3.05, 3.63) is 188 Å². The minimum Gasteiger partial charge on any atom is -0.309 e. The van der Waals surface area contributed by atoms with E-state index >= 15 is 0 Å². The van der Waals surface area contributed by atoms with Crippen LogP contribution in [0.2, 0.25) is 0 Å². The van der Waals surface area contributed by atoms with E-state index in [0.29, 0.717) is 17.6 Å². The van der Waals surface area contributed by atoms with Gasteiger partial charge in [0.15, 0.2) is 11.6 Å². The number of hydrogen-bond donors (Lipinski definition) is 0. The van der Waals surface area contributed by atoms with Gasteiger partial charge in [0, 0.05) is 38.4 Å². The zero-order chi connectivity index (χ0) is 37.9. The fourth-order valence-corrected chi connectivity index (χ4v) is 9.72. The van der Waals surface area contributed by atoms with E-state index in [2.05, 4.69) is 161 Å². The molecule has 10 aromatic carbocycles. The highest BCUT2D eigenvalue weighted by Crippen LogP contribution is 2.48. The summed E-state index contributed by atoms with van der Waals surface area (Å²) >= 11 is 0. The number of nitrogens with zero attached hydrogens (tertiary/aromatic N) is 5. The van der Waals surface area contributed by atoms with Gasteiger partial charge in [-0.2, -0.15) is 9.97 Å². The second-order valence-electron chi connectivity index (χ2n) is 15.1. The van der Waals surface area contributed by atoms with E-state index < -0.39 is 0 Å². The summed E-state index contributed by atoms with van der Waals surface area (Å²) in [5, 5.41) is 14.9. The summed E-state index contributed by atoms with van der Waals surface area (Å²) in [6, 6.07) is 67.2. The van der Waals surface area contributed by atoms with Crippen molar-refractivity contribution >= 4 is 86.7 Å². The Balaban J connectivity index is 1.23. The molecule has 268 valence electrons. The molecule has 13 aromatic rings. The van der Waals surface area contributed by atoms with Gasteiger partial charge in [-0.15, -0.1) is 0 Å². The Morgan fingerprint density at radius 1 is 0.276 bits per heavy atom. The third-order valence-electron chi connectivity index (χ3n) is 12.1. The molecule has 0 N–H and O–H groups in total. The molecule has 58 heavy (non-hydrogen) atoms. The van der Waals surface area contributed by atoms with Crippen LogP contribution in [0.4, 0.5) is 0 Å². The molecule has 5 heteroatoms. The molecule has 0 saturated heterocycles. The van der Waals surface area contributed by atoms with Gasteiger partial charge in [0.2, 0.25) is 5.95 Å². The van der Waals surface area contributed by atoms with E-state index in [1.54, 1.807) is 0 Å². The van der Waals surface area contributed by atoms with Crippen LogP contribution in [0.5, 0.6) is 0 Å². The lowest BCUT2D eigenvalue weighted by Gasteiger charge is -2.17. The van der Waals surface area contributed by atoms with E-state index in [1.165, 1.54) is 70.3 Å². The van der Waals surface area contributed by atoms with E-state index in [0.717, 1.165) is 33.2 Å². The summed E-state index contributed by atoms with van der Waals surface area (Å²) in [6.45, 7) is 0. The largest absolute Gasteiger partial charge is 0.309 e. The maximum absolute atomic E-state index is 5.26. The van der Waals surface area contributed by atoms with Crippen LogP contribution in [0.25, 0.3) is 121 Å². The molecule has 0 aliphatic heterocycles. The molecule has 0 radical (unpaired) electrons. The second-order valence-corrected chi connectivity index (χ2v) is 15.1. The first-order valence-electron chi connectivity index (χ1n) is 19.7. The van der Waals surface area contributed by atoms with Crippen molar-refractivity contribution in [3.8, 4) is 34.4 Å². The molecule has 3 heterocycles. The van der Waals surface area contributed by atoms with Gasteiger partial charge in [0.25, 0.3) is 0 Å². The number of hydrogen-bond acceptors (Lipinski definition) is 3. The van der Waals surface area contributed by atoms with E-state index in [-0.39, 0.29) is 0 Å². The minimum absolute atomic E-state index is 0.586. The molecule has 0 amide bonds. The van der Waals surface area contributed by atoms with Crippen LogP contribution in [0.1, 0.15) is 0 Å². The third-order valence-corrected chi connectivity index (χ3v) is 12.1. The highest BCUT2D eigenvalue weighted by Gasteiger charge is 2.24. The first-order chi connectivity index (χ1) is 28.8. The molecule has 0 fully saturated rings. The van der Waals surface area contributed by atoms with Gasteiger partial charge in [0.1, 0.15) is 0 Å². The van der Waals surface area contributed by atoms with Crippen molar-refractivity contribution in [1.82, 2.24) is 24.1 Å². The normalized spacial score (nSPS) is 12.1. The minimum atomic E-state index is 0.586. The van der Waals surface area contributed by atoms with Crippen molar-refractivity contribution < 1.29 is 0 Å². The number of aromatic nitrogens is 5. The average Bonchev–Trinajstić information content (AvgIpc) is 3.81. The number of rotatable bonds is 4. The molecule has 13 rings (SSSR count). The van der Waals surface area contributed by atoms with Gasteiger partial charge < -0.3 is 4.57 Å². The predicted molar refractivity (Wildman–Crippen MR) is 241 cm³/mol. The molecule has 0 aliphatic carbocycles.